The molecule has 0 N–H and O–H groups in total. The van der Waals surface area contributed by atoms with E-state index in [1.807, 2.05) is 24.3 Å². The van der Waals surface area contributed by atoms with Crippen LogP contribution in [0.4, 0.5) is 0 Å². The molecule has 1 aliphatic carbocycles. The van der Waals surface area contributed by atoms with Gasteiger partial charge in [-0.1, -0.05) is 66.8 Å². The summed E-state index contributed by atoms with van der Waals surface area (Å²) in [5, 5.41) is 0. The fourth-order valence-electron chi connectivity index (χ4n) is 2.85. The summed E-state index contributed by atoms with van der Waals surface area (Å²) in [5.41, 5.74) is 4.92. The van der Waals surface area contributed by atoms with E-state index in [1.165, 1.54) is 22.3 Å². The molecular formula is C19H14O. The molecular weight excluding hydrogens is 244 g/mol. The van der Waals surface area contributed by atoms with Crippen molar-refractivity contribution in [2.24, 2.45) is 0 Å². The summed E-state index contributed by atoms with van der Waals surface area (Å²) in [5.74, 6) is 0.958. The summed E-state index contributed by atoms with van der Waals surface area (Å²) >= 11 is 0. The topological polar surface area (TPSA) is 9.23 Å². The monoisotopic (exact) mass is 258 g/mol. The molecule has 1 aliphatic heterocycles. The molecule has 0 amide bonds. The van der Waals surface area contributed by atoms with Crippen LogP contribution in [-0.4, -0.2) is 6.10 Å². The lowest BCUT2D eigenvalue weighted by atomic mass is 9.86. The van der Waals surface area contributed by atoms with Crippen LogP contribution in [0.5, 0.6) is 5.75 Å². The number of benzene rings is 2. The quantitative estimate of drug-likeness (QED) is 0.737. The summed E-state index contributed by atoms with van der Waals surface area (Å²) in [6.45, 7) is 0. The third-order valence-corrected chi connectivity index (χ3v) is 3.74. The molecule has 2 aromatic carbocycles. The Bertz CT molecular complexity index is 735. The van der Waals surface area contributed by atoms with Crippen molar-refractivity contribution in [1.29, 1.82) is 0 Å². The number of hydrogen-bond donors (Lipinski definition) is 0. The second kappa shape index (κ2) is 4.53. The van der Waals surface area contributed by atoms with Crippen molar-refractivity contribution < 1.29 is 4.74 Å². The first-order valence-electron chi connectivity index (χ1n) is 6.84. The van der Waals surface area contributed by atoms with Crippen LogP contribution in [0.3, 0.4) is 0 Å². The molecule has 4 rings (SSSR count). The van der Waals surface area contributed by atoms with E-state index in [2.05, 4.69) is 54.6 Å². The third kappa shape index (κ3) is 1.71. The Labute approximate surface area is 118 Å². The first-order valence-corrected chi connectivity index (χ1v) is 6.84. The molecule has 0 aromatic heterocycles. The molecule has 0 saturated heterocycles. The highest BCUT2D eigenvalue weighted by Crippen LogP contribution is 2.41. The Morgan fingerprint density at radius 3 is 2.50 bits per heavy atom. The van der Waals surface area contributed by atoms with Crippen molar-refractivity contribution in [2.75, 3.05) is 0 Å². The maximum absolute atomic E-state index is 6.09. The molecule has 0 spiro atoms. The van der Waals surface area contributed by atoms with Crippen LogP contribution in [0.1, 0.15) is 11.1 Å². The Kier molecular flexibility index (Phi) is 2.56. The summed E-state index contributed by atoms with van der Waals surface area (Å²) in [6, 6.07) is 18.8. The molecule has 1 heterocycles. The molecule has 2 aliphatic rings. The molecule has 20 heavy (non-hydrogen) atoms. The van der Waals surface area contributed by atoms with Crippen molar-refractivity contribution in [1.82, 2.24) is 0 Å². The lowest BCUT2D eigenvalue weighted by molar-refractivity contribution is 0.282. The lowest BCUT2D eigenvalue weighted by Crippen LogP contribution is -2.23. The van der Waals surface area contributed by atoms with Crippen LogP contribution in [0.15, 0.2) is 84.5 Å². The predicted octanol–water partition coefficient (Wildman–Crippen LogP) is 4.38. The van der Waals surface area contributed by atoms with Crippen molar-refractivity contribution in [3.05, 3.63) is 95.6 Å². The largest absolute Gasteiger partial charge is 0.481 e. The van der Waals surface area contributed by atoms with Gasteiger partial charge in [-0.05, 0) is 23.3 Å². The summed E-state index contributed by atoms with van der Waals surface area (Å²) < 4.78 is 6.09. The maximum Gasteiger partial charge on any atom is 0.143 e. The fourth-order valence-corrected chi connectivity index (χ4v) is 2.85. The Morgan fingerprint density at radius 2 is 1.60 bits per heavy atom. The first-order chi connectivity index (χ1) is 9.93. The van der Waals surface area contributed by atoms with Crippen LogP contribution in [0.2, 0.25) is 0 Å². The van der Waals surface area contributed by atoms with Crippen molar-refractivity contribution in [2.45, 2.75) is 6.10 Å². The van der Waals surface area contributed by atoms with Gasteiger partial charge in [0.15, 0.2) is 0 Å². The van der Waals surface area contributed by atoms with Crippen molar-refractivity contribution in [3.63, 3.8) is 0 Å². The minimum absolute atomic E-state index is 0.0186. The van der Waals surface area contributed by atoms with E-state index < -0.39 is 0 Å². The normalized spacial score (nSPS) is 19.3. The average molecular weight is 258 g/mol. The van der Waals surface area contributed by atoms with Gasteiger partial charge in [0.05, 0.1) is 0 Å². The molecule has 1 atom stereocenters. The predicted molar refractivity (Wildman–Crippen MR) is 81.6 cm³/mol. The molecule has 2 aromatic rings. The number of para-hydroxylation sites is 1. The molecule has 0 radical (unpaired) electrons. The van der Waals surface area contributed by atoms with Gasteiger partial charge in [-0.15, -0.1) is 0 Å². The van der Waals surface area contributed by atoms with E-state index in [4.69, 9.17) is 4.74 Å². The second-order valence-corrected chi connectivity index (χ2v) is 4.97. The van der Waals surface area contributed by atoms with Gasteiger partial charge in [0.1, 0.15) is 11.9 Å². The molecule has 0 bridgehead atoms. The first kappa shape index (κ1) is 11.3. The van der Waals surface area contributed by atoms with Crippen LogP contribution in [0.25, 0.3) is 5.57 Å². The number of ether oxygens (including phenoxy) is 1. The van der Waals surface area contributed by atoms with Gasteiger partial charge in [0.2, 0.25) is 0 Å². The highest BCUT2D eigenvalue weighted by atomic mass is 16.5. The fraction of sp³-hybridized carbons (Fsp3) is 0.0526. The SMILES string of the molecule is C1=CC2=C(c3ccccc3)c3ccccc3OC2C=C1. The smallest absolute Gasteiger partial charge is 0.143 e. The van der Waals surface area contributed by atoms with Gasteiger partial charge in [0.25, 0.3) is 0 Å². The zero-order chi connectivity index (χ0) is 13.4. The van der Waals surface area contributed by atoms with Gasteiger partial charge in [-0.25, -0.2) is 0 Å². The number of hydrogen-bond acceptors (Lipinski definition) is 1. The molecule has 96 valence electrons. The van der Waals surface area contributed by atoms with E-state index in [0.717, 1.165) is 5.75 Å². The van der Waals surface area contributed by atoms with E-state index in [1.54, 1.807) is 0 Å². The summed E-state index contributed by atoms with van der Waals surface area (Å²) in [6.07, 6.45) is 8.40. The van der Waals surface area contributed by atoms with E-state index in [0.29, 0.717) is 0 Å². The zero-order valence-electron chi connectivity index (χ0n) is 11.0. The number of fused-ring (bicyclic) bond motifs is 2. The highest BCUT2D eigenvalue weighted by Gasteiger charge is 2.26. The van der Waals surface area contributed by atoms with Crippen LogP contribution in [0, 0.1) is 0 Å². The molecule has 1 nitrogen and oxygen atoms in total. The summed E-state index contributed by atoms with van der Waals surface area (Å²) in [7, 11) is 0. The van der Waals surface area contributed by atoms with Gasteiger partial charge >= 0.3 is 0 Å². The number of rotatable bonds is 1. The Morgan fingerprint density at radius 1 is 0.800 bits per heavy atom. The standard InChI is InChI=1S/C19H14O/c1-2-8-14(9-3-1)19-15-10-4-6-12-17(15)20-18-13-7-5-11-16(18)19/h1-13,17H. The minimum atomic E-state index is 0.0186. The van der Waals surface area contributed by atoms with Crippen LogP contribution < -0.4 is 4.74 Å². The minimum Gasteiger partial charge on any atom is -0.481 e. The van der Waals surface area contributed by atoms with E-state index >= 15 is 0 Å². The molecule has 0 fully saturated rings. The van der Waals surface area contributed by atoms with Gasteiger partial charge in [0, 0.05) is 11.1 Å². The number of allylic oxidation sites excluding steroid dienone is 2. The Hall–Kier alpha value is -2.54. The Balaban J connectivity index is 2.01. The molecule has 1 unspecified atom stereocenters. The molecule has 0 saturated carbocycles. The van der Waals surface area contributed by atoms with Gasteiger partial charge < -0.3 is 4.74 Å². The third-order valence-electron chi connectivity index (χ3n) is 3.74. The van der Waals surface area contributed by atoms with Gasteiger partial charge in [-0.3, -0.25) is 0 Å². The zero-order valence-corrected chi connectivity index (χ0v) is 11.0. The van der Waals surface area contributed by atoms with E-state index in [9.17, 15) is 0 Å². The van der Waals surface area contributed by atoms with Crippen molar-refractivity contribution >= 4 is 5.57 Å². The van der Waals surface area contributed by atoms with Gasteiger partial charge in [-0.2, -0.15) is 0 Å². The lowest BCUT2D eigenvalue weighted by Gasteiger charge is -2.29. The highest BCUT2D eigenvalue weighted by molar-refractivity contribution is 5.88. The van der Waals surface area contributed by atoms with E-state index in [-0.39, 0.29) is 6.10 Å². The second-order valence-electron chi connectivity index (χ2n) is 4.97. The molecule has 1 heteroatoms. The van der Waals surface area contributed by atoms with Crippen LogP contribution >= 0.6 is 0 Å². The van der Waals surface area contributed by atoms with Crippen molar-refractivity contribution in [3.8, 4) is 5.75 Å². The van der Waals surface area contributed by atoms with Crippen LogP contribution in [-0.2, 0) is 0 Å². The summed E-state index contributed by atoms with van der Waals surface area (Å²) in [4.78, 5) is 0. The average Bonchev–Trinajstić information content (AvgIpc) is 2.53. The maximum atomic E-state index is 6.09.